The summed E-state index contributed by atoms with van der Waals surface area (Å²) in [6, 6.07) is 3.06. The van der Waals surface area contributed by atoms with Gasteiger partial charge in [0.25, 0.3) is 0 Å². The van der Waals surface area contributed by atoms with Crippen LogP contribution in [0, 0.1) is 0 Å². The molecule has 1 aromatic carbocycles. The largest absolute Gasteiger partial charge is 0.486 e. The molecular formula is C18H18O7. The smallest absolute Gasteiger partial charge is 0.341 e. The zero-order valence-electron chi connectivity index (χ0n) is 13.8. The summed E-state index contributed by atoms with van der Waals surface area (Å²) in [5.74, 6) is -0.725. The van der Waals surface area contributed by atoms with E-state index in [0.29, 0.717) is 23.8 Å². The number of aryl methyl sites for hydroxylation is 1. The van der Waals surface area contributed by atoms with Gasteiger partial charge >= 0.3 is 11.6 Å². The Morgan fingerprint density at radius 2 is 1.84 bits per heavy atom. The highest BCUT2D eigenvalue weighted by Gasteiger charge is 2.22. The summed E-state index contributed by atoms with van der Waals surface area (Å²) < 4.78 is 16.2. The van der Waals surface area contributed by atoms with Gasteiger partial charge in [0.15, 0.2) is 12.4 Å². The highest BCUT2D eigenvalue weighted by atomic mass is 16.5. The normalized spacial score (nSPS) is 13.3. The van der Waals surface area contributed by atoms with Crippen LogP contribution in [-0.4, -0.2) is 30.1 Å². The van der Waals surface area contributed by atoms with Crippen molar-refractivity contribution in [2.24, 2.45) is 0 Å². The van der Waals surface area contributed by atoms with E-state index in [2.05, 4.69) is 0 Å². The molecule has 0 atom stereocenters. The van der Waals surface area contributed by atoms with Gasteiger partial charge in [0.1, 0.15) is 23.7 Å². The summed E-state index contributed by atoms with van der Waals surface area (Å²) in [5, 5.41) is 9.50. The van der Waals surface area contributed by atoms with Crippen molar-refractivity contribution in [2.75, 3.05) is 13.2 Å². The van der Waals surface area contributed by atoms with Crippen LogP contribution in [-0.2, 0) is 22.4 Å². The van der Waals surface area contributed by atoms with E-state index in [9.17, 15) is 14.4 Å². The number of carbonyl (C=O) groups excluding carboxylic acids is 1. The molecule has 1 N–H and O–H groups in total. The summed E-state index contributed by atoms with van der Waals surface area (Å²) in [4.78, 5) is 34.2. The molecule has 1 aromatic heterocycles. The number of ether oxygens (including phenoxy) is 2. The first-order valence-corrected chi connectivity index (χ1v) is 8.05. The molecule has 0 amide bonds. The molecule has 132 valence electrons. The average molecular weight is 346 g/mol. The van der Waals surface area contributed by atoms with Gasteiger partial charge in [0, 0.05) is 17.7 Å². The number of carbonyl (C=O) groups is 2. The third kappa shape index (κ3) is 3.65. The van der Waals surface area contributed by atoms with Crippen molar-refractivity contribution in [3.05, 3.63) is 33.7 Å². The van der Waals surface area contributed by atoms with Crippen molar-refractivity contribution in [1.29, 1.82) is 0 Å². The zero-order valence-corrected chi connectivity index (χ0v) is 13.8. The quantitative estimate of drug-likeness (QED) is 0.799. The van der Waals surface area contributed by atoms with Gasteiger partial charge in [0.05, 0.1) is 5.39 Å². The number of carboxylic acids is 1. The van der Waals surface area contributed by atoms with Crippen molar-refractivity contribution >= 4 is 22.7 Å². The Bertz CT molecular complexity index is 894. The van der Waals surface area contributed by atoms with Crippen molar-refractivity contribution in [2.45, 2.75) is 32.6 Å². The van der Waals surface area contributed by atoms with Crippen molar-refractivity contribution < 1.29 is 28.6 Å². The van der Waals surface area contributed by atoms with Crippen LogP contribution in [0.3, 0.4) is 0 Å². The summed E-state index contributed by atoms with van der Waals surface area (Å²) in [6.07, 6.45) is 3.18. The first kappa shape index (κ1) is 17.0. The second-order valence-electron chi connectivity index (χ2n) is 6.02. The van der Waals surface area contributed by atoms with E-state index >= 15 is 0 Å². The molecule has 0 radical (unpaired) electrons. The number of aliphatic carboxylic acids is 1. The number of Topliss-reactive ketones (excluding diaryl/α,β-unsaturated/α-hetero) is 1. The van der Waals surface area contributed by atoms with Gasteiger partial charge in [-0.1, -0.05) is 0 Å². The summed E-state index contributed by atoms with van der Waals surface area (Å²) in [5.41, 5.74) is 1.34. The van der Waals surface area contributed by atoms with Gasteiger partial charge in [-0.15, -0.1) is 0 Å². The maximum absolute atomic E-state index is 12.2. The van der Waals surface area contributed by atoms with Crippen LogP contribution in [0.2, 0.25) is 0 Å². The molecule has 0 saturated heterocycles. The Morgan fingerprint density at radius 3 is 2.52 bits per heavy atom. The highest BCUT2D eigenvalue weighted by Crippen LogP contribution is 2.36. The maximum Gasteiger partial charge on any atom is 0.341 e. The van der Waals surface area contributed by atoms with E-state index < -0.39 is 18.2 Å². The number of ketones is 1. The monoisotopic (exact) mass is 346 g/mol. The van der Waals surface area contributed by atoms with E-state index in [1.807, 2.05) is 0 Å². The molecular weight excluding hydrogens is 328 g/mol. The number of carboxylic acid groups (broad SMARTS) is 1. The van der Waals surface area contributed by atoms with E-state index in [4.69, 9.17) is 19.0 Å². The fourth-order valence-corrected chi connectivity index (χ4v) is 3.03. The predicted molar refractivity (Wildman–Crippen MR) is 88.4 cm³/mol. The Kier molecular flexibility index (Phi) is 4.74. The molecule has 0 spiro atoms. The zero-order chi connectivity index (χ0) is 18.0. The van der Waals surface area contributed by atoms with E-state index in [1.165, 1.54) is 19.1 Å². The second-order valence-corrected chi connectivity index (χ2v) is 6.02. The van der Waals surface area contributed by atoms with Crippen LogP contribution < -0.4 is 15.1 Å². The van der Waals surface area contributed by atoms with Gasteiger partial charge in [-0.2, -0.15) is 0 Å². The van der Waals surface area contributed by atoms with Gasteiger partial charge in [-0.3, -0.25) is 4.79 Å². The van der Waals surface area contributed by atoms with Crippen LogP contribution in [0.1, 0.15) is 30.9 Å². The Labute approximate surface area is 143 Å². The topological polar surface area (TPSA) is 103 Å². The minimum absolute atomic E-state index is 0.140. The molecule has 25 heavy (non-hydrogen) atoms. The standard InChI is InChI=1S/C18H18O7/c1-10(19)8-23-11-6-14(24-9-16(20)21)17-12-4-2-3-5-13(12)18(22)25-15(17)7-11/h6-7H,2-5,8-9H2,1H3,(H,20,21). The highest BCUT2D eigenvalue weighted by molar-refractivity contribution is 5.89. The van der Waals surface area contributed by atoms with E-state index in [1.54, 1.807) is 0 Å². The number of fused-ring (bicyclic) bond motifs is 3. The lowest BCUT2D eigenvalue weighted by atomic mass is 9.90. The second kappa shape index (κ2) is 6.96. The Hall–Kier alpha value is -2.83. The lowest BCUT2D eigenvalue weighted by molar-refractivity contribution is -0.139. The van der Waals surface area contributed by atoms with Gasteiger partial charge < -0.3 is 19.0 Å². The lowest BCUT2D eigenvalue weighted by Crippen LogP contribution is -2.17. The summed E-state index contributed by atoms with van der Waals surface area (Å²) >= 11 is 0. The number of hydrogen-bond acceptors (Lipinski definition) is 6. The minimum Gasteiger partial charge on any atom is -0.486 e. The van der Waals surface area contributed by atoms with Crippen LogP contribution in [0.4, 0.5) is 0 Å². The fraction of sp³-hybridized carbons (Fsp3) is 0.389. The minimum atomic E-state index is -1.12. The van der Waals surface area contributed by atoms with Crippen molar-refractivity contribution in [1.82, 2.24) is 0 Å². The number of rotatable bonds is 6. The SMILES string of the molecule is CC(=O)COc1cc(OCC(=O)O)c2c3c(c(=O)oc2c1)CCCC3. The molecule has 0 fully saturated rings. The lowest BCUT2D eigenvalue weighted by Gasteiger charge is -2.19. The Balaban J connectivity index is 2.16. The Morgan fingerprint density at radius 1 is 1.12 bits per heavy atom. The molecule has 0 saturated carbocycles. The van der Waals surface area contributed by atoms with Gasteiger partial charge in [0.2, 0.25) is 0 Å². The van der Waals surface area contributed by atoms with Crippen LogP contribution in [0.15, 0.2) is 21.3 Å². The van der Waals surface area contributed by atoms with Gasteiger partial charge in [-0.25, -0.2) is 9.59 Å². The third-order valence-corrected chi connectivity index (χ3v) is 4.05. The van der Waals surface area contributed by atoms with Crippen molar-refractivity contribution in [3.8, 4) is 11.5 Å². The van der Waals surface area contributed by atoms with Crippen LogP contribution in [0.25, 0.3) is 11.0 Å². The molecule has 0 aliphatic heterocycles. The first-order chi connectivity index (χ1) is 12.0. The van der Waals surface area contributed by atoms with Gasteiger partial charge in [-0.05, 0) is 38.2 Å². The molecule has 0 unspecified atom stereocenters. The van der Waals surface area contributed by atoms with E-state index in [-0.39, 0.29) is 29.5 Å². The number of hydrogen-bond donors (Lipinski definition) is 1. The summed E-state index contributed by atoms with van der Waals surface area (Å²) in [7, 11) is 0. The molecule has 1 heterocycles. The first-order valence-electron chi connectivity index (χ1n) is 8.05. The summed E-state index contributed by atoms with van der Waals surface area (Å²) in [6.45, 7) is 0.720. The van der Waals surface area contributed by atoms with E-state index in [0.717, 1.165) is 18.4 Å². The van der Waals surface area contributed by atoms with Crippen LogP contribution >= 0.6 is 0 Å². The number of benzene rings is 1. The molecule has 7 heteroatoms. The molecule has 0 bridgehead atoms. The van der Waals surface area contributed by atoms with Crippen LogP contribution in [0.5, 0.6) is 11.5 Å². The molecule has 1 aliphatic rings. The fourth-order valence-electron chi connectivity index (χ4n) is 3.03. The maximum atomic E-state index is 12.2. The van der Waals surface area contributed by atoms with Crippen molar-refractivity contribution in [3.63, 3.8) is 0 Å². The third-order valence-electron chi connectivity index (χ3n) is 4.05. The predicted octanol–water partition coefficient (Wildman–Crippen LogP) is 2.10. The molecule has 3 rings (SSSR count). The molecule has 1 aliphatic carbocycles. The molecule has 2 aromatic rings. The average Bonchev–Trinajstić information content (AvgIpc) is 2.57. The molecule has 7 nitrogen and oxygen atoms in total.